The number of rotatable bonds is 9. The Morgan fingerprint density at radius 2 is 1.80 bits per heavy atom. The smallest absolute Gasteiger partial charge is 0.261 e. The normalized spacial score (nSPS) is 11.4. The van der Waals surface area contributed by atoms with Gasteiger partial charge >= 0.3 is 0 Å². The van der Waals surface area contributed by atoms with Gasteiger partial charge in [0.15, 0.2) is 5.16 Å². The molecule has 160 valence electrons. The molecular weight excluding hydrogens is 430 g/mol. The quantitative estimate of drug-likeness (QED) is 0.341. The monoisotopic (exact) mass is 451 g/mol. The average Bonchev–Trinajstić information content (AvgIpc) is 3.10. The van der Waals surface area contributed by atoms with Gasteiger partial charge in [0.1, 0.15) is 0 Å². The molecule has 12 nitrogen and oxygen atoms in total. The molecule has 1 aromatic carbocycles. The van der Waals surface area contributed by atoms with Gasteiger partial charge in [-0.1, -0.05) is 11.8 Å². The van der Waals surface area contributed by atoms with Crippen LogP contribution < -0.4 is 21.1 Å². The molecule has 0 fully saturated rings. The molecule has 0 aliphatic rings. The molecule has 0 saturated carbocycles. The number of fused-ring (bicyclic) bond motifs is 1. The van der Waals surface area contributed by atoms with E-state index in [4.69, 9.17) is 5.14 Å². The number of nitrogens with zero attached hydrogens (tertiary/aromatic N) is 5. The highest BCUT2D eigenvalue weighted by atomic mass is 32.2. The van der Waals surface area contributed by atoms with Crippen LogP contribution in [-0.2, 0) is 14.8 Å². The van der Waals surface area contributed by atoms with Crippen molar-refractivity contribution in [3.8, 4) is 0 Å². The summed E-state index contributed by atoms with van der Waals surface area (Å²) in [4.78, 5) is 21.0. The molecule has 0 atom stereocenters. The van der Waals surface area contributed by atoms with Gasteiger partial charge in [-0.05, 0) is 38.1 Å². The predicted octanol–water partition coefficient (Wildman–Crippen LogP) is 0.761. The molecular formula is C16H21N9O3S2. The van der Waals surface area contributed by atoms with Gasteiger partial charge in [0, 0.05) is 18.8 Å². The van der Waals surface area contributed by atoms with E-state index in [0.717, 1.165) is 0 Å². The molecule has 0 bridgehead atoms. The first-order chi connectivity index (χ1) is 14.3. The fourth-order valence-corrected chi connectivity index (χ4v) is 3.70. The third-order valence-electron chi connectivity index (χ3n) is 3.71. The molecule has 30 heavy (non-hydrogen) atoms. The maximum Gasteiger partial charge on any atom is 0.261 e. The average molecular weight is 452 g/mol. The Kier molecular flexibility index (Phi) is 6.69. The zero-order valence-electron chi connectivity index (χ0n) is 16.3. The van der Waals surface area contributed by atoms with Crippen LogP contribution in [0.15, 0.2) is 34.3 Å². The minimum Gasteiger partial charge on any atom is -0.355 e. The van der Waals surface area contributed by atoms with Gasteiger partial charge in [0.2, 0.25) is 27.8 Å². The van der Waals surface area contributed by atoms with Crippen LogP contribution in [0.3, 0.4) is 0 Å². The number of sulfonamides is 1. The molecule has 0 unspecified atom stereocenters. The summed E-state index contributed by atoms with van der Waals surface area (Å²) in [5.74, 6) is 1.07. The van der Waals surface area contributed by atoms with E-state index in [9.17, 15) is 13.2 Å². The Hall–Kier alpha value is -2.97. The highest BCUT2D eigenvalue weighted by Gasteiger charge is 2.16. The van der Waals surface area contributed by atoms with Crippen LogP contribution in [0, 0.1) is 0 Å². The molecule has 0 spiro atoms. The number of nitrogens with one attached hydrogen (secondary N) is 3. The second-order valence-electron chi connectivity index (χ2n) is 5.96. The summed E-state index contributed by atoms with van der Waals surface area (Å²) in [7, 11) is -3.78. The molecule has 2 heterocycles. The topological polar surface area (TPSA) is 169 Å². The molecule has 0 radical (unpaired) electrons. The summed E-state index contributed by atoms with van der Waals surface area (Å²) in [6, 6.07) is 5.58. The van der Waals surface area contributed by atoms with Crippen LogP contribution in [0.25, 0.3) is 5.78 Å². The highest BCUT2D eigenvalue weighted by molar-refractivity contribution is 7.99. The van der Waals surface area contributed by atoms with Crippen molar-refractivity contribution >= 4 is 51.1 Å². The third-order valence-corrected chi connectivity index (χ3v) is 5.57. The maximum atomic E-state index is 12.3. The van der Waals surface area contributed by atoms with E-state index >= 15 is 0 Å². The van der Waals surface area contributed by atoms with Crippen molar-refractivity contribution in [2.45, 2.75) is 23.9 Å². The number of aromatic nitrogens is 5. The van der Waals surface area contributed by atoms with Gasteiger partial charge in [-0.2, -0.15) is 9.97 Å². The van der Waals surface area contributed by atoms with Crippen molar-refractivity contribution in [3.63, 3.8) is 0 Å². The van der Waals surface area contributed by atoms with Crippen LogP contribution >= 0.6 is 11.8 Å². The number of amides is 1. The predicted molar refractivity (Wildman–Crippen MR) is 114 cm³/mol. The SMILES string of the molecule is CCNc1nc(NCC)n2c(SCC(=O)Nc3ccc(S(N)(=O)=O)cc3)nnc2n1. The van der Waals surface area contributed by atoms with Crippen LogP contribution in [0.2, 0.25) is 0 Å². The van der Waals surface area contributed by atoms with E-state index in [1.54, 1.807) is 4.40 Å². The van der Waals surface area contributed by atoms with Crippen LogP contribution in [-0.4, -0.2) is 57.7 Å². The van der Waals surface area contributed by atoms with E-state index in [0.29, 0.717) is 41.6 Å². The highest BCUT2D eigenvalue weighted by Crippen LogP contribution is 2.21. The number of nitrogens with two attached hydrogens (primary N) is 1. The zero-order valence-corrected chi connectivity index (χ0v) is 17.9. The number of carbonyl (C=O) groups is 1. The van der Waals surface area contributed by atoms with Crippen molar-refractivity contribution in [1.82, 2.24) is 24.6 Å². The lowest BCUT2D eigenvalue weighted by Gasteiger charge is -2.09. The number of benzene rings is 1. The largest absolute Gasteiger partial charge is 0.355 e. The number of hydrogen-bond acceptors (Lipinski definition) is 10. The van der Waals surface area contributed by atoms with Crippen molar-refractivity contribution in [1.29, 1.82) is 0 Å². The van der Waals surface area contributed by atoms with Crippen LogP contribution in [0.4, 0.5) is 17.6 Å². The molecule has 5 N–H and O–H groups in total. The Bertz CT molecular complexity index is 1150. The molecule has 3 rings (SSSR count). The van der Waals surface area contributed by atoms with Crippen LogP contribution in [0.5, 0.6) is 0 Å². The summed E-state index contributed by atoms with van der Waals surface area (Å²) in [5, 5.41) is 22.6. The van der Waals surface area contributed by atoms with E-state index in [1.807, 2.05) is 13.8 Å². The van der Waals surface area contributed by atoms with E-state index in [-0.39, 0.29) is 16.6 Å². The number of thioether (sulfide) groups is 1. The van der Waals surface area contributed by atoms with Gasteiger partial charge < -0.3 is 16.0 Å². The summed E-state index contributed by atoms with van der Waals surface area (Å²) in [6.07, 6.45) is 0. The summed E-state index contributed by atoms with van der Waals surface area (Å²) < 4.78 is 24.2. The molecule has 1 amide bonds. The number of carbonyl (C=O) groups excluding carboxylic acids is 1. The van der Waals surface area contributed by atoms with E-state index in [1.165, 1.54) is 36.0 Å². The van der Waals surface area contributed by atoms with Gasteiger partial charge in [-0.3, -0.25) is 4.79 Å². The fourth-order valence-electron chi connectivity index (χ4n) is 2.45. The van der Waals surface area contributed by atoms with Crippen molar-refractivity contribution in [2.24, 2.45) is 5.14 Å². The third kappa shape index (κ3) is 5.14. The Balaban J connectivity index is 1.71. The first kappa shape index (κ1) is 21.7. The summed E-state index contributed by atoms with van der Waals surface area (Å²) in [6.45, 7) is 5.17. The van der Waals surface area contributed by atoms with Crippen molar-refractivity contribution in [3.05, 3.63) is 24.3 Å². The van der Waals surface area contributed by atoms with E-state index < -0.39 is 10.0 Å². The fraction of sp³-hybridized carbons (Fsp3) is 0.312. The number of primary sulfonamides is 1. The van der Waals surface area contributed by atoms with Crippen molar-refractivity contribution < 1.29 is 13.2 Å². The molecule has 3 aromatic rings. The first-order valence-corrected chi connectivity index (χ1v) is 11.5. The van der Waals surface area contributed by atoms with Crippen molar-refractivity contribution in [2.75, 3.05) is 34.8 Å². The standard InChI is InChI=1S/C16H21N9O3S2/c1-3-18-13-21-14(19-4-2)25-15(22-13)23-24-16(25)29-9-12(26)20-10-5-7-11(8-6-10)30(17,27)28/h5-8H,3-4,9H2,1-2H3,(H,20,26)(H2,17,27,28)(H2,18,19,21,22,23). The Labute approximate surface area is 177 Å². The number of hydrogen-bond donors (Lipinski definition) is 4. The minimum absolute atomic E-state index is 0.0299. The summed E-state index contributed by atoms with van der Waals surface area (Å²) in [5.41, 5.74) is 0.450. The van der Waals surface area contributed by atoms with E-state index in [2.05, 4.69) is 36.1 Å². The van der Waals surface area contributed by atoms with Gasteiger partial charge in [-0.25, -0.2) is 18.0 Å². The van der Waals surface area contributed by atoms with Gasteiger partial charge in [-0.15, -0.1) is 10.2 Å². The number of anilines is 3. The summed E-state index contributed by atoms with van der Waals surface area (Å²) >= 11 is 1.17. The lowest BCUT2D eigenvalue weighted by molar-refractivity contribution is -0.113. The van der Waals surface area contributed by atoms with Gasteiger partial charge in [0.25, 0.3) is 5.78 Å². The molecule has 0 aliphatic heterocycles. The maximum absolute atomic E-state index is 12.3. The Morgan fingerprint density at radius 1 is 1.10 bits per heavy atom. The molecule has 0 aliphatic carbocycles. The Morgan fingerprint density at radius 3 is 2.43 bits per heavy atom. The second-order valence-corrected chi connectivity index (χ2v) is 8.46. The molecule has 14 heteroatoms. The lowest BCUT2D eigenvalue weighted by atomic mass is 10.3. The molecule has 0 saturated heterocycles. The minimum atomic E-state index is -3.78. The van der Waals surface area contributed by atoms with Crippen LogP contribution in [0.1, 0.15) is 13.8 Å². The lowest BCUT2D eigenvalue weighted by Crippen LogP contribution is -2.16. The first-order valence-electron chi connectivity index (χ1n) is 8.98. The van der Waals surface area contributed by atoms with Gasteiger partial charge in [0.05, 0.1) is 10.6 Å². The molecule has 2 aromatic heterocycles. The second kappa shape index (κ2) is 9.23. The zero-order chi connectivity index (χ0) is 21.7.